The Bertz CT molecular complexity index is 744. The predicted octanol–water partition coefficient (Wildman–Crippen LogP) is 2.02. The van der Waals surface area contributed by atoms with Crippen LogP contribution in [-0.2, 0) is 16.0 Å². The average Bonchev–Trinajstić information content (AvgIpc) is 2.55. The molecule has 0 heterocycles. The standard InChI is InChI=1S/C18H18N2O4/c1-12(16(21)20-18(19)23)24-17(22)15-10-6-5-9-14(15)11-13-7-3-2-4-8-13/h2-10,12H,11H2,1H3,(H3,19,20,21,23)/t12-/m0/s1. The molecule has 6 heteroatoms. The number of carbonyl (C=O) groups excluding carboxylic acids is 3. The maximum Gasteiger partial charge on any atom is 0.339 e. The van der Waals surface area contributed by atoms with Crippen molar-refractivity contribution < 1.29 is 19.1 Å². The number of rotatable bonds is 5. The van der Waals surface area contributed by atoms with Gasteiger partial charge in [-0.05, 0) is 30.5 Å². The van der Waals surface area contributed by atoms with Crippen LogP contribution in [0.25, 0.3) is 0 Å². The van der Waals surface area contributed by atoms with Crippen molar-refractivity contribution >= 4 is 17.9 Å². The Balaban J connectivity index is 2.12. The first-order valence-electron chi connectivity index (χ1n) is 7.40. The summed E-state index contributed by atoms with van der Waals surface area (Å²) < 4.78 is 5.12. The molecule has 3 amide bonds. The van der Waals surface area contributed by atoms with Crippen molar-refractivity contribution in [3.63, 3.8) is 0 Å². The topological polar surface area (TPSA) is 98.5 Å². The molecule has 0 aliphatic rings. The molecule has 6 nitrogen and oxygen atoms in total. The lowest BCUT2D eigenvalue weighted by Crippen LogP contribution is -2.42. The second kappa shape index (κ2) is 7.92. The molecule has 0 saturated heterocycles. The minimum atomic E-state index is -1.13. The van der Waals surface area contributed by atoms with E-state index in [4.69, 9.17) is 10.5 Å². The summed E-state index contributed by atoms with van der Waals surface area (Å²) in [5.74, 6) is -1.40. The Morgan fingerprint density at radius 2 is 1.67 bits per heavy atom. The molecule has 2 rings (SSSR count). The highest BCUT2D eigenvalue weighted by Crippen LogP contribution is 2.16. The highest BCUT2D eigenvalue weighted by molar-refractivity contribution is 5.98. The van der Waals surface area contributed by atoms with E-state index < -0.39 is 24.0 Å². The van der Waals surface area contributed by atoms with E-state index in [0.29, 0.717) is 12.0 Å². The summed E-state index contributed by atoms with van der Waals surface area (Å²) in [4.78, 5) is 34.6. The van der Waals surface area contributed by atoms with Gasteiger partial charge in [-0.2, -0.15) is 0 Å². The molecule has 0 aromatic heterocycles. The van der Waals surface area contributed by atoms with Gasteiger partial charge in [0.1, 0.15) is 0 Å². The SMILES string of the molecule is C[C@H](OC(=O)c1ccccc1Cc1ccccc1)C(=O)NC(N)=O. The van der Waals surface area contributed by atoms with Crippen molar-refractivity contribution in [3.8, 4) is 0 Å². The van der Waals surface area contributed by atoms with Crippen LogP contribution in [0.2, 0.25) is 0 Å². The zero-order valence-corrected chi connectivity index (χ0v) is 13.2. The maximum atomic E-state index is 12.3. The second-order valence-corrected chi connectivity index (χ2v) is 5.22. The van der Waals surface area contributed by atoms with Crippen LogP contribution < -0.4 is 11.1 Å². The van der Waals surface area contributed by atoms with E-state index in [1.165, 1.54) is 6.92 Å². The third-order valence-electron chi connectivity index (χ3n) is 3.37. The van der Waals surface area contributed by atoms with Crippen molar-refractivity contribution in [3.05, 3.63) is 71.3 Å². The first-order chi connectivity index (χ1) is 11.5. The number of primary amides is 1. The number of ether oxygens (including phenoxy) is 1. The molecule has 0 radical (unpaired) electrons. The summed E-state index contributed by atoms with van der Waals surface area (Å²) in [5.41, 5.74) is 7.09. The minimum Gasteiger partial charge on any atom is -0.449 e. The Labute approximate surface area is 139 Å². The number of hydrogen-bond donors (Lipinski definition) is 2. The molecule has 0 spiro atoms. The fourth-order valence-corrected chi connectivity index (χ4v) is 2.19. The Morgan fingerprint density at radius 1 is 1.04 bits per heavy atom. The first-order valence-corrected chi connectivity index (χ1v) is 7.40. The predicted molar refractivity (Wildman–Crippen MR) is 88.3 cm³/mol. The van der Waals surface area contributed by atoms with Gasteiger partial charge in [-0.25, -0.2) is 9.59 Å². The van der Waals surface area contributed by atoms with E-state index in [0.717, 1.165) is 11.1 Å². The summed E-state index contributed by atoms with van der Waals surface area (Å²) in [6.45, 7) is 1.37. The van der Waals surface area contributed by atoms with Gasteiger partial charge in [0.2, 0.25) is 0 Å². The van der Waals surface area contributed by atoms with Crippen LogP contribution in [-0.4, -0.2) is 24.0 Å². The minimum absolute atomic E-state index is 0.375. The van der Waals surface area contributed by atoms with Crippen LogP contribution >= 0.6 is 0 Å². The molecule has 0 bridgehead atoms. The van der Waals surface area contributed by atoms with E-state index in [1.807, 2.05) is 47.8 Å². The van der Waals surface area contributed by atoms with Crippen molar-refractivity contribution in [2.75, 3.05) is 0 Å². The monoisotopic (exact) mass is 326 g/mol. The second-order valence-electron chi connectivity index (χ2n) is 5.22. The third kappa shape index (κ3) is 4.67. The number of hydrogen-bond acceptors (Lipinski definition) is 4. The Hall–Kier alpha value is -3.15. The molecule has 0 aliphatic carbocycles. The van der Waals surface area contributed by atoms with Crippen LogP contribution in [0.15, 0.2) is 54.6 Å². The number of esters is 1. The van der Waals surface area contributed by atoms with Crippen LogP contribution in [0.1, 0.15) is 28.4 Å². The lowest BCUT2D eigenvalue weighted by Gasteiger charge is -2.14. The Kier molecular flexibility index (Phi) is 5.68. The molecule has 1 atom stereocenters. The van der Waals surface area contributed by atoms with Crippen LogP contribution in [0.3, 0.4) is 0 Å². The lowest BCUT2D eigenvalue weighted by molar-refractivity contribution is -0.127. The van der Waals surface area contributed by atoms with Gasteiger partial charge in [-0.1, -0.05) is 48.5 Å². The van der Waals surface area contributed by atoms with E-state index in [9.17, 15) is 14.4 Å². The van der Waals surface area contributed by atoms with Crippen molar-refractivity contribution in [2.45, 2.75) is 19.4 Å². The molecule has 2 aromatic carbocycles. The molecule has 2 aromatic rings. The molecule has 3 N–H and O–H groups in total. The number of amides is 3. The van der Waals surface area contributed by atoms with Gasteiger partial charge in [0.05, 0.1) is 5.56 Å². The molecule has 0 aliphatic heterocycles. The molecule has 0 fully saturated rings. The van der Waals surface area contributed by atoms with Crippen molar-refractivity contribution in [1.82, 2.24) is 5.32 Å². The molecule has 124 valence electrons. The van der Waals surface area contributed by atoms with E-state index in [2.05, 4.69) is 0 Å². The van der Waals surface area contributed by atoms with Gasteiger partial charge in [0.15, 0.2) is 6.10 Å². The highest BCUT2D eigenvalue weighted by atomic mass is 16.5. The van der Waals surface area contributed by atoms with Gasteiger partial charge in [-0.15, -0.1) is 0 Å². The largest absolute Gasteiger partial charge is 0.449 e. The van der Waals surface area contributed by atoms with Gasteiger partial charge in [0.25, 0.3) is 5.91 Å². The van der Waals surface area contributed by atoms with Gasteiger partial charge >= 0.3 is 12.0 Å². The summed E-state index contributed by atoms with van der Waals surface area (Å²) in [6.07, 6.45) is -0.566. The quantitative estimate of drug-likeness (QED) is 0.821. The number of imide groups is 1. The van der Waals surface area contributed by atoms with Gasteiger partial charge < -0.3 is 10.5 Å². The van der Waals surface area contributed by atoms with E-state index in [-0.39, 0.29) is 0 Å². The average molecular weight is 326 g/mol. The summed E-state index contributed by atoms with van der Waals surface area (Å²) in [5, 5.41) is 1.88. The number of nitrogens with two attached hydrogens (primary N) is 1. The van der Waals surface area contributed by atoms with Gasteiger partial charge in [-0.3, -0.25) is 10.1 Å². The highest BCUT2D eigenvalue weighted by Gasteiger charge is 2.21. The fourth-order valence-electron chi connectivity index (χ4n) is 2.19. The summed E-state index contributed by atoms with van der Waals surface area (Å²) in [6, 6.07) is 15.7. The normalized spacial score (nSPS) is 11.4. The zero-order valence-electron chi connectivity index (χ0n) is 13.2. The molecule has 24 heavy (non-hydrogen) atoms. The third-order valence-corrected chi connectivity index (χ3v) is 3.37. The summed E-state index contributed by atoms with van der Waals surface area (Å²) >= 11 is 0. The molecular weight excluding hydrogens is 308 g/mol. The van der Waals surface area contributed by atoms with E-state index >= 15 is 0 Å². The molecular formula is C18H18N2O4. The number of nitrogens with one attached hydrogen (secondary N) is 1. The maximum absolute atomic E-state index is 12.3. The summed E-state index contributed by atoms with van der Waals surface area (Å²) in [7, 11) is 0. The first kappa shape index (κ1) is 17.2. The molecule has 0 saturated carbocycles. The van der Waals surface area contributed by atoms with Crippen LogP contribution in [0.4, 0.5) is 4.79 Å². The smallest absolute Gasteiger partial charge is 0.339 e. The van der Waals surface area contributed by atoms with Crippen LogP contribution in [0.5, 0.6) is 0 Å². The lowest BCUT2D eigenvalue weighted by atomic mass is 10.00. The number of benzene rings is 2. The number of carbonyl (C=O) groups is 3. The van der Waals surface area contributed by atoms with Gasteiger partial charge in [0, 0.05) is 0 Å². The fraction of sp³-hybridized carbons (Fsp3) is 0.167. The number of urea groups is 1. The van der Waals surface area contributed by atoms with Crippen molar-refractivity contribution in [2.24, 2.45) is 5.73 Å². The van der Waals surface area contributed by atoms with Crippen molar-refractivity contribution in [1.29, 1.82) is 0 Å². The van der Waals surface area contributed by atoms with Crippen LogP contribution in [0, 0.1) is 0 Å². The zero-order chi connectivity index (χ0) is 17.5. The Morgan fingerprint density at radius 3 is 2.33 bits per heavy atom. The molecule has 0 unspecified atom stereocenters. The van der Waals surface area contributed by atoms with E-state index in [1.54, 1.807) is 12.1 Å².